The molecule has 0 saturated carbocycles. The number of fused-ring (bicyclic) bond motifs is 18. The lowest BCUT2D eigenvalue weighted by atomic mass is 9.86. The molecule has 0 radical (unpaired) electrons. The molecule has 0 aromatic heterocycles. The van der Waals surface area contributed by atoms with E-state index in [0.29, 0.717) is 49.1 Å². The predicted molar refractivity (Wildman–Crippen MR) is 408 cm³/mol. The number of rotatable bonds is 8. The first-order valence-electron chi connectivity index (χ1n) is 34.2. The minimum Gasteiger partial charge on any atom is -0.417 e. The Bertz CT molecular complexity index is 5850. The summed E-state index contributed by atoms with van der Waals surface area (Å²) >= 11 is 0. The smallest absolute Gasteiger partial charge is 0.417 e. The third-order valence-corrected chi connectivity index (χ3v) is 25.0. The van der Waals surface area contributed by atoms with Crippen LogP contribution in [0.1, 0.15) is 25.7 Å². The maximum Gasteiger partial charge on any atom is 0.452 e. The van der Waals surface area contributed by atoms with Crippen LogP contribution in [-0.4, -0.2) is 25.7 Å². The van der Waals surface area contributed by atoms with E-state index in [1.54, 1.807) is 0 Å². The van der Waals surface area contributed by atoms with E-state index < -0.39 is 27.8 Å². The summed E-state index contributed by atoms with van der Waals surface area (Å²) < 4.78 is 60.0. The third kappa shape index (κ3) is 10.0. The molecule has 2 saturated heterocycles. The molecule has 4 heterocycles. The Morgan fingerprint density at radius 3 is 0.919 bits per heavy atom. The highest BCUT2D eigenvalue weighted by Crippen LogP contribution is 2.73. The zero-order valence-electron chi connectivity index (χ0n) is 53.8. The Balaban J connectivity index is 0.972. The standard InChI is InChI=1S/C88H63N3O6P2/c1-5-23-59-47-67(41-37-55(59)19-1)75-51-63-27-9-13-31-71(63)81-82-72-32-14-10-28-64(72)52-76(68-42-38-56-20-2-6-24-60(56)48-68)86(82)95-98(94-85(75)81,89-79-35-17-45-92-79)91-99(90-80-36-18-46-93-80)96-87-77(69-43-39-57-21-3-7-25-61(57)49-69)53-65-29-11-15-33-73(65)83(87)84-74-34-16-12-30-66(74)54-78(88(84)97-99)70-44-40-58-22-4-8-26-62(58)50-70/h1-16,19-34,37-44,47-54,79-80,89H,17-18,35-36,45-46H2. The minimum absolute atomic E-state index is 0.494. The highest BCUT2D eigenvalue weighted by molar-refractivity contribution is 7.67. The normalized spacial score (nSPS) is 16.7. The van der Waals surface area contributed by atoms with Crippen molar-refractivity contribution in [3.63, 3.8) is 0 Å². The average molecular weight is 1320 g/mol. The third-order valence-electron chi connectivity index (χ3n) is 20.2. The molecule has 2 atom stereocenters. The summed E-state index contributed by atoms with van der Waals surface area (Å²) in [4.78, 5) is 0. The van der Waals surface area contributed by atoms with Gasteiger partial charge in [-0.25, -0.2) is 0 Å². The molecular weight excluding hydrogens is 1260 g/mol. The molecule has 0 amide bonds. The molecular formula is C88H63N3O6P2. The van der Waals surface area contributed by atoms with Crippen molar-refractivity contribution in [2.24, 2.45) is 9.26 Å². The molecule has 4 aliphatic rings. The first-order valence-corrected chi connectivity index (χ1v) is 37.3. The number of hydrogen-bond donors (Lipinski definition) is 1. The monoisotopic (exact) mass is 1320 g/mol. The Kier molecular flexibility index (Phi) is 13.8. The van der Waals surface area contributed by atoms with Crippen molar-refractivity contribution in [1.29, 1.82) is 0 Å². The van der Waals surface area contributed by atoms with Crippen LogP contribution in [0.4, 0.5) is 0 Å². The number of nitrogens with one attached hydrogen (secondary N) is 1. The van der Waals surface area contributed by atoms with E-state index in [0.717, 1.165) is 166 Å². The summed E-state index contributed by atoms with van der Waals surface area (Å²) in [6.45, 7) is 1.01. The lowest BCUT2D eigenvalue weighted by molar-refractivity contribution is 0.0994. The van der Waals surface area contributed by atoms with E-state index >= 15 is 0 Å². The van der Waals surface area contributed by atoms with Crippen molar-refractivity contribution < 1.29 is 27.6 Å². The van der Waals surface area contributed by atoms with Gasteiger partial charge < -0.3 is 27.6 Å². The van der Waals surface area contributed by atoms with Gasteiger partial charge in [-0.15, -0.1) is 4.52 Å². The van der Waals surface area contributed by atoms with Gasteiger partial charge in [0, 0.05) is 57.7 Å². The molecule has 2 fully saturated rings. The fraction of sp³-hybridized carbons (Fsp3) is 0.0909. The minimum atomic E-state index is -4.46. The van der Waals surface area contributed by atoms with Crippen molar-refractivity contribution in [3.8, 4) is 89.8 Å². The first kappa shape index (κ1) is 58.3. The van der Waals surface area contributed by atoms with Crippen LogP contribution in [0.15, 0.2) is 300 Å². The molecule has 9 nitrogen and oxygen atoms in total. The van der Waals surface area contributed by atoms with Crippen LogP contribution in [0.25, 0.3) is 153 Å². The number of hydrogen-bond acceptors (Lipinski definition) is 7. The van der Waals surface area contributed by atoms with Crippen LogP contribution < -0.4 is 23.2 Å². The quantitative estimate of drug-likeness (QED) is 0.152. The van der Waals surface area contributed by atoms with Gasteiger partial charge in [0.05, 0.1) is 0 Å². The van der Waals surface area contributed by atoms with Crippen LogP contribution in [-0.2, 0) is 9.47 Å². The molecule has 0 spiro atoms. The van der Waals surface area contributed by atoms with Crippen molar-refractivity contribution in [2.45, 2.75) is 38.1 Å². The summed E-state index contributed by atoms with van der Waals surface area (Å²) in [5.41, 5.74) is 10.7. The van der Waals surface area contributed by atoms with Crippen molar-refractivity contribution in [1.82, 2.24) is 5.09 Å². The summed E-state index contributed by atoms with van der Waals surface area (Å²) in [6, 6.07) is 104. The second kappa shape index (κ2) is 23.4. The Hall–Kier alpha value is -10.9. The van der Waals surface area contributed by atoms with Gasteiger partial charge in [0.25, 0.3) is 0 Å². The number of ether oxygens (including phenoxy) is 2. The molecule has 1 N–H and O–H groups in total. The number of nitrogens with zero attached hydrogens (tertiary/aromatic N) is 2. The summed E-state index contributed by atoms with van der Waals surface area (Å²) in [7, 11) is -8.82. The molecule has 99 heavy (non-hydrogen) atoms. The summed E-state index contributed by atoms with van der Waals surface area (Å²) in [5, 5.41) is 21.0. The van der Waals surface area contributed by atoms with Crippen LogP contribution in [0.5, 0.6) is 23.0 Å². The lowest BCUT2D eigenvalue weighted by Crippen LogP contribution is -2.30. The molecule has 0 bridgehead atoms. The second-order valence-electron chi connectivity index (χ2n) is 26.3. The zero-order valence-corrected chi connectivity index (χ0v) is 55.6. The zero-order chi connectivity index (χ0) is 65.2. The average Bonchev–Trinajstić information content (AvgIpc) is 1.56. The largest absolute Gasteiger partial charge is 0.452 e. The van der Waals surface area contributed by atoms with Crippen LogP contribution in [0.2, 0.25) is 0 Å². The van der Waals surface area contributed by atoms with Crippen LogP contribution >= 0.6 is 15.3 Å². The van der Waals surface area contributed by atoms with E-state index in [1.807, 2.05) is 0 Å². The molecule has 20 rings (SSSR count). The predicted octanol–water partition coefficient (Wildman–Crippen LogP) is 24.9. The van der Waals surface area contributed by atoms with E-state index in [9.17, 15) is 0 Å². The molecule has 4 aliphatic heterocycles. The Labute approximate surface area is 572 Å². The van der Waals surface area contributed by atoms with Gasteiger partial charge in [-0.1, -0.05) is 243 Å². The van der Waals surface area contributed by atoms with Crippen LogP contribution in [0.3, 0.4) is 0 Å². The van der Waals surface area contributed by atoms with E-state index in [4.69, 9.17) is 36.8 Å². The highest BCUT2D eigenvalue weighted by Gasteiger charge is 2.47. The fourth-order valence-electron chi connectivity index (χ4n) is 15.5. The fourth-order valence-corrected chi connectivity index (χ4v) is 20.8. The van der Waals surface area contributed by atoms with Gasteiger partial charge in [-0.3, -0.25) is 0 Å². The van der Waals surface area contributed by atoms with Gasteiger partial charge >= 0.3 is 15.3 Å². The molecule has 11 heteroatoms. The van der Waals surface area contributed by atoms with Crippen molar-refractivity contribution in [3.05, 3.63) is 291 Å². The van der Waals surface area contributed by atoms with E-state index in [1.165, 1.54) is 0 Å². The van der Waals surface area contributed by atoms with Gasteiger partial charge in [0.15, 0.2) is 6.23 Å². The highest BCUT2D eigenvalue weighted by atomic mass is 31.2. The first-order chi connectivity index (χ1) is 48.9. The molecule has 0 aliphatic carbocycles. The second-order valence-corrected chi connectivity index (χ2v) is 30.3. The maximum atomic E-state index is 8.48. The summed E-state index contributed by atoms with van der Waals surface area (Å²) in [6.07, 6.45) is 1.51. The maximum absolute atomic E-state index is 8.48. The topological polar surface area (TPSA) is 92.1 Å². The molecule has 2 unspecified atom stereocenters. The Morgan fingerprint density at radius 1 is 0.293 bits per heavy atom. The van der Waals surface area contributed by atoms with Gasteiger partial charge in [0.2, 0.25) is 0 Å². The van der Waals surface area contributed by atoms with Gasteiger partial charge in [-0.2, -0.15) is 9.83 Å². The number of benzene rings is 16. The molecule has 16 aromatic rings. The van der Waals surface area contributed by atoms with Crippen molar-refractivity contribution >= 4 is 101 Å². The van der Waals surface area contributed by atoms with Crippen molar-refractivity contribution in [2.75, 3.05) is 13.2 Å². The van der Waals surface area contributed by atoms with E-state index in [2.05, 4.69) is 296 Å². The molecule has 16 aromatic carbocycles. The van der Waals surface area contributed by atoms with Gasteiger partial charge in [0.1, 0.15) is 29.2 Å². The van der Waals surface area contributed by atoms with Gasteiger partial charge in [-0.05, 0) is 183 Å². The SMILES string of the molecule is c1ccc2cc(-c3cc4ccccc4c4c3OP(=NC3CCCO3)(N=P3(NC5CCCO5)Oc5c(-c6ccc7ccccc7c6)cc6ccccc6c5-c5c(c(-c6ccc7ccccc7c6)cc6ccccc56)O3)Oc3c(-c5ccc6ccccc6c5)cc5ccccc5c3-4)ccc2c1. The van der Waals surface area contributed by atoms with Crippen LogP contribution in [0, 0.1) is 0 Å². The molecule has 476 valence electrons. The summed E-state index contributed by atoms with van der Waals surface area (Å²) in [5.74, 6) is 2.31. The van der Waals surface area contributed by atoms with E-state index in [-0.39, 0.29) is 0 Å². The lowest BCUT2D eigenvalue weighted by Gasteiger charge is -2.31. The Morgan fingerprint density at radius 2 is 0.596 bits per heavy atom.